The third kappa shape index (κ3) is 3.64. The van der Waals surface area contributed by atoms with Crippen molar-refractivity contribution in [2.75, 3.05) is 13.0 Å². The van der Waals surface area contributed by atoms with Crippen molar-refractivity contribution in [1.29, 1.82) is 0 Å². The zero-order valence-corrected chi connectivity index (χ0v) is 11.9. The quantitative estimate of drug-likeness (QED) is 0.743. The average molecular weight is 270 g/mol. The molecule has 0 bridgehead atoms. The van der Waals surface area contributed by atoms with Crippen LogP contribution < -0.4 is 4.74 Å². The zero-order chi connectivity index (χ0) is 13.5. The second kappa shape index (κ2) is 7.27. The smallest absolute Gasteiger partial charge is 0.238 e. The first-order valence-electron chi connectivity index (χ1n) is 6.11. The van der Waals surface area contributed by atoms with Gasteiger partial charge in [-0.3, -0.25) is 4.79 Å². The summed E-state index contributed by atoms with van der Waals surface area (Å²) in [6, 6.07) is 7.89. The van der Waals surface area contributed by atoms with Gasteiger partial charge in [0.05, 0.1) is 7.11 Å². The predicted octanol–water partition coefficient (Wildman–Crippen LogP) is 3.06. The van der Waals surface area contributed by atoms with Crippen LogP contribution in [0.5, 0.6) is 5.75 Å². The van der Waals surface area contributed by atoms with Crippen LogP contribution in [0, 0.1) is 0 Å². The van der Waals surface area contributed by atoms with E-state index in [1.54, 1.807) is 12.0 Å². The van der Waals surface area contributed by atoms with E-state index in [2.05, 4.69) is 6.92 Å². The molecule has 100 valence electrons. The molecule has 1 rings (SSSR count). The Morgan fingerprint density at radius 2 is 2.11 bits per heavy atom. The highest BCUT2D eigenvalue weighted by molar-refractivity contribution is 6.27. The fraction of sp³-hybridized carbons (Fsp3) is 0.500. The van der Waals surface area contributed by atoms with Crippen LogP contribution in [0.25, 0.3) is 0 Å². The van der Waals surface area contributed by atoms with Gasteiger partial charge >= 0.3 is 0 Å². The van der Waals surface area contributed by atoms with Gasteiger partial charge in [-0.15, -0.1) is 11.6 Å². The number of carbonyl (C=O) groups is 1. The van der Waals surface area contributed by atoms with E-state index < -0.39 is 0 Å². The predicted molar refractivity (Wildman–Crippen MR) is 74.0 cm³/mol. The van der Waals surface area contributed by atoms with Gasteiger partial charge in [0.2, 0.25) is 5.91 Å². The normalized spacial score (nSPS) is 12.0. The fourth-order valence-electron chi connectivity index (χ4n) is 1.80. The SMILES string of the molecule is CCC(C)N(Cc1ccccc1OC)C(=O)CCl. The minimum absolute atomic E-state index is 0.0134. The van der Waals surface area contributed by atoms with E-state index in [1.807, 2.05) is 31.2 Å². The van der Waals surface area contributed by atoms with Gasteiger partial charge in [-0.25, -0.2) is 0 Å². The molecule has 0 fully saturated rings. The molecule has 0 aromatic heterocycles. The van der Waals surface area contributed by atoms with E-state index in [4.69, 9.17) is 16.3 Å². The number of ether oxygens (including phenoxy) is 1. The molecular weight excluding hydrogens is 250 g/mol. The largest absolute Gasteiger partial charge is 0.496 e. The summed E-state index contributed by atoms with van der Waals surface area (Å²) >= 11 is 5.67. The number of carbonyl (C=O) groups excluding carboxylic acids is 1. The summed E-state index contributed by atoms with van der Waals surface area (Å²) in [4.78, 5) is 13.7. The summed E-state index contributed by atoms with van der Waals surface area (Å²) in [5.74, 6) is 0.768. The van der Waals surface area contributed by atoms with Crippen LogP contribution in [0.15, 0.2) is 24.3 Å². The van der Waals surface area contributed by atoms with E-state index in [-0.39, 0.29) is 17.8 Å². The Morgan fingerprint density at radius 3 is 2.67 bits per heavy atom. The van der Waals surface area contributed by atoms with Gasteiger partial charge < -0.3 is 9.64 Å². The third-order valence-corrected chi connectivity index (χ3v) is 3.32. The van der Waals surface area contributed by atoms with Crippen LogP contribution in [0.3, 0.4) is 0 Å². The van der Waals surface area contributed by atoms with Crippen LogP contribution in [0.4, 0.5) is 0 Å². The molecule has 0 aliphatic rings. The van der Waals surface area contributed by atoms with E-state index in [9.17, 15) is 4.79 Å². The summed E-state index contributed by atoms with van der Waals surface area (Å²) in [7, 11) is 1.63. The molecule has 1 atom stereocenters. The maximum absolute atomic E-state index is 11.9. The van der Waals surface area contributed by atoms with Crippen LogP contribution in [-0.4, -0.2) is 29.8 Å². The lowest BCUT2D eigenvalue weighted by molar-refractivity contribution is -0.131. The lowest BCUT2D eigenvalue weighted by atomic mass is 10.1. The Hall–Kier alpha value is -1.22. The Kier molecular flexibility index (Phi) is 5.99. The van der Waals surface area contributed by atoms with Gasteiger partial charge in [-0.1, -0.05) is 25.1 Å². The van der Waals surface area contributed by atoms with Crippen molar-refractivity contribution in [2.24, 2.45) is 0 Å². The van der Waals surface area contributed by atoms with Crippen molar-refractivity contribution in [3.05, 3.63) is 29.8 Å². The molecule has 1 aromatic carbocycles. The van der Waals surface area contributed by atoms with Gasteiger partial charge in [0.15, 0.2) is 0 Å². The molecule has 0 radical (unpaired) electrons. The molecule has 1 aromatic rings. The van der Waals surface area contributed by atoms with E-state index in [1.165, 1.54) is 0 Å². The molecule has 0 aliphatic heterocycles. The van der Waals surface area contributed by atoms with Crippen molar-refractivity contribution >= 4 is 17.5 Å². The monoisotopic (exact) mass is 269 g/mol. The molecule has 0 spiro atoms. The number of alkyl halides is 1. The molecule has 1 amide bonds. The van der Waals surface area contributed by atoms with E-state index >= 15 is 0 Å². The van der Waals surface area contributed by atoms with Crippen molar-refractivity contribution in [3.8, 4) is 5.75 Å². The van der Waals surface area contributed by atoms with E-state index in [0.29, 0.717) is 6.54 Å². The lowest BCUT2D eigenvalue weighted by Gasteiger charge is -2.28. The van der Waals surface area contributed by atoms with Crippen LogP contribution in [0.2, 0.25) is 0 Å². The van der Waals surface area contributed by atoms with Crippen molar-refractivity contribution < 1.29 is 9.53 Å². The van der Waals surface area contributed by atoms with Gasteiger partial charge in [-0.05, 0) is 19.4 Å². The van der Waals surface area contributed by atoms with Crippen molar-refractivity contribution in [3.63, 3.8) is 0 Å². The maximum atomic E-state index is 11.9. The van der Waals surface area contributed by atoms with Crippen LogP contribution in [0.1, 0.15) is 25.8 Å². The number of halogens is 1. The minimum atomic E-state index is -0.0445. The highest BCUT2D eigenvalue weighted by Gasteiger charge is 2.19. The number of amides is 1. The Balaban J connectivity index is 2.92. The summed E-state index contributed by atoms with van der Waals surface area (Å²) in [6.45, 7) is 4.62. The average Bonchev–Trinajstić information content (AvgIpc) is 2.43. The topological polar surface area (TPSA) is 29.5 Å². The molecule has 0 heterocycles. The van der Waals surface area contributed by atoms with Gasteiger partial charge in [0, 0.05) is 18.2 Å². The first-order valence-corrected chi connectivity index (χ1v) is 6.64. The second-order valence-corrected chi connectivity index (χ2v) is 4.49. The summed E-state index contributed by atoms with van der Waals surface area (Å²) in [5, 5.41) is 0. The first-order chi connectivity index (χ1) is 8.63. The van der Waals surface area contributed by atoms with Crippen molar-refractivity contribution in [1.82, 2.24) is 4.90 Å². The summed E-state index contributed by atoms with van der Waals surface area (Å²) < 4.78 is 5.30. The Labute approximate surface area is 114 Å². The zero-order valence-electron chi connectivity index (χ0n) is 11.1. The molecule has 0 aliphatic carbocycles. The van der Waals surface area contributed by atoms with Crippen molar-refractivity contribution in [2.45, 2.75) is 32.9 Å². The molecule has 1 unspecified atom stereocenters. The number of hydrogen-bond acceptors (Lipinski definition) is 2. The maximum Gasteiger partial charge on any atom is 0.238 e. The third-order valence-electron chi connectivity index (χ3n) is 3.09. The lowest BCUT2D eigenvalue weighted by Crippen LogP contribution is -2.38. The number of methoxy groups -OCH3 is 1. The first kappa shape index (κ1) is 14.8. The van der Waals surface area contributed by atoms with Gasteiger partial charge in [0.25, 0.3) is 0 Å². The fourth-order valence-corrected chi connectivity index (χ4v) is 1.96. The number of nitrogens with zero attached hydrogens (tertiary/aromatic N) is 1. The van der Waals surface area contributed by atoms with Crippen LogP contribution >= 0.6 is 11.6 Å². The summed E-state index contributed by atoms with van der Waals surface area (Å²) in [5.41, 5.74) is 0.999. The molecule has 18 heavy (non-hydrogen) atoms. The minimum Gasteiger partial charge on any atom is -0.496 e. The number of benzene rings is 1. The van der Waals surface area contributed by atoms with E-state index in [0.717, 1.165) is 17.7 Å². The Morgan fingerprint density at radius 1 is 1.44 bits per heavy atom. The number of rotatable bonds is 6. The second-order valence-electron chi connectivity index (χ2n) is 4.22. The van der Waals surface area contributed by atoms with Gasteiger partial charge in [0.1, 0.15) is 11.6 Å². The van der Waals surface area contributed by atoms with Crippen LogP contribution in [-0.2, 0) is 11.3 Å². The van der Waals surface area contributed by atoms with Gasteiger partial charge in [-0.2, -0.15) is 0 Å². The molecule has 3 nitrogen and oxygen atoms in total. The Bertz CT molecular complexity index is 395. The molecule has 0 saturated heterocycles. The number of hydrogen-bond donors (Lipinski definition) is 0. The molecule has 0 saturated carbocycles. The highest BCUT2D eigenvalue weighted by atomic mass is 35.5. The molecular formula is C14H20ClNO2. The highest BCUT2D eigenvalue weighted by Crippen LogP contribution is 2.21. The number of para-hydroxylation sites is 1. The summed E-state index contributed by atoms with van der Waals surface area (Å²) in [6.07, 6.45) is 0.901. The molecule has 0 N–H and O–H groups in total. The molecule has 4 heteroatoms. The standard InChI is InChI=1S/C14H20ClNO2/c1-4-11(2)16(14(17)9-15)10-12-7-5-6-8-13(12)18-3/h5-8,11H,4,9-10H2,1-3H3.